The molecule has 0 bridgehead atoms. The normalized spacial score (nSPS) is 12.8. The molecular weight excluding hydrogens is 426 g/mol. The van der Waals surface area contributed by atoms with Gasteiger partial charge in [-0.05, 0) is 42.3 Å². The van der Waals surface area contributed by atoms with Gasteiger partial charge < -0.3 is 14.8 Å². The number of hydrogen-bond donors (Lipinski definition) is 1. The van der Waals surface area contributed by atoms with Gasteiger partial charge >= 0.3 is 0 Å². The highest BCUT2D eigenvalue weighted by atomic mass is 16.2. The Bertz CT molecular complexity index is 1280. The number of hydrogen-bond acceptors (Lipinski definition) is 4. The fraction of sp³-hybridized carbons (Fsp3) is 0.259. The zero-order chi connectivity index (χ0) is 24.1. The first-order valence-electron chi connectivity index (χ1n) is 11.4. The molecule has 34 heavy (non-hydrogen) atoms. The van der Waals surface area contributed by atoms with Crippen LogP contribution in [0.15, 0.2) is 79.3 Å². The second-order valence-electron chi connectivity index (χ2n) is 8.46. The minimum Gasteiger partial charge on any atom is -0.351 e. The van der Waals surface area contributed by atoms with Crippen LogP contribution < -0.4 is 5.32 Å². The van der Waals surface area contributed by atoms with Crippen molar-refractivity contribution < 1.29 is 9.59 Å². The molecular formula is C27H29N5O2. The van der Waals surface area contributed by atoms with Gasteiger partial charge in [0.1, 0.15) is 5.69 Å². The van der Waals surface area contributed by atoms with Crippen LogP contribution in [0.1, 0.15) is 45.7 Å². The smallest absolute Gasteiger partial charge is 0.267 e. The Hall–Kier alpha value is -4.00. The lowest BCUT2D eigenvalue weighted by atomic mass is 9.89. The van der Waals surface area contributed by atoms with E-state index >= 15 is 0 Å². The molecule has 7 heteroatoms. The third kappa shape index (κ3) is 4.83. The number of benzene rings is 1. The SMILES string of the molecule is CC(c1ccccc1)C(CCNC(=O)c1cccn1C)N(C)C(=O)c1ccnc2ncccc12. The molecule has 1 N–H and O–H groups in total. The minimum absolute atomic E-state index is 0.0633. The maximum atomic E-state index is 13.6. The highest BCUT2D eigenvalue weighted by Crippen LogP contribution is 2.27. The van der Waals surface area contributed by atoms with Crippen LogP contribution in [0, 0.1) is 0 Å². The largest absolute Gasteiger partial charge is 0.351 e. The summed E-state index contributed by atoms with van der Waals surface area (Å²) in [6.45, 7) is 2.57. The fourth-order valence-corrected chi connectivity index (χ4v) is 4.39. The predicted molar refractivity (Wildman–Crippen MR) is 133 cm³/mol. The molecule has 2 atom stereocenters. The number of pyridine rings is 2. The van der Waals surface area contributed by atoms with Crippen LogP contribution in [-0.4, -0.2) is 50.9 Å². The fourth-order valence-electron chi connectivity index (χ4n) is 4.39. The Morgan fingerprint density at radius 3 is 2.50 bits per heavy atom. The van der Waals surface area contributed by atoms with E-state index in [1.165, 1.54) is 0 Å². The van der Waals surface area contributed by atoms with Crippen LogP contribution >= 0.6 is 0 Å². The number of rotatable bonds is 8. The van der Waals surface area contributed by atoms with Crippen LogP contribution in [0.25, 0.3) is 11.0 Å². The molecule has 0 saturated carbocycles. The molecule has 3 aromatic heterocycles. The van der Waals surface area contributed by atoms with Crippen LogP contribution in [-0.2, 0) is 7.05 Å². The highest BCUT2D eigenvalue weighted by molar-refractivity contribution is 6.05. The first kappa shape index (κ1) is 23.2. The quantitative estimate of drug-likeness (QED) is 0.435. The number of aryl methyl sites for hydroxylation is 1. The summed E-state index contributed by atoms with van der Waals surface area (Å²) in [5, 5.41) is 3.73. The van der Waals surface area contributed by atoms with Crippen LogP contribution in [0.3, 0.4) is 0 Å². The average Bonchev–Trinajstić information content (AvgIpc) is 3.31. The molecule has 3 heterocycles. The van der Waals surface area contributed by atoms with Gasteiger partial charge in [-0.3, -0.25) is 9.59 Å². The van der Waals surface area contributed by atoms with Gasteiger partial charge in [0.2, 0.25) is 0 Å². The molecule has 0 aliphatic heterocycles. The van der Waals surface area contributed by atoms with Crippen molar-refractivity contribution in [1.82, 2.24) is 24.8 Å². The molecule has 4 rings (SSSR count). The predicted octanol–water partition coefficient (Wildman–Crippen LogP) is 4.03. The Balaban J connectivity index is 1.57. The van der Waals surface area contributed by atoms with Gasteiger partial charge in [-0.15, -0.1) is 0 Å². The molecule has 0 fully saturated rings. The van der Waals surface area contributed by atoms with E-state index in [0.29, 0.717) is 29.9 Å². The molecule has 7 nitrogen and oxygen atoms in total. The van der Waals surface area contributed by atoms with Crippen LogP contribution in [0.4, 0.5) is 0 Å². The van der Waals surface area contributed by atoms with E-state index in [2.05, 4.69) is 34.3 Å². The van der Waals surface area contributed by atoms with Crippen molar-refractivity contribution in [2.24, 2.45) is 7.05 Å². The number of nitrogens with one attached hydrogen (secondary N) is 1. The van der Waals surface area contributed by atoms with Crippen LogP contribution in [0.5, 0.6) is 0 Å². The maximum absolute atomic E-state index is 13.6. The Kier molecular flexibility index (Phi) is 7.01. The number of nitrogens with zero attached hydrogens (tertiary/aromatic N) is 4. The van der Waals surface area contributed by atoms with E-state index in [1.54, 1.807) is 34.0 Å². The maximum Gasteiger partial charge on any atom is 0.267 e. The summed E-state index contributed by atoms with van der Waals surface area (Å²) in [4.78, 5) is 36.6. The summed E-state index contributed by atoms with van der Waals surface area (Å²) in [5.74, 6) is -0.158. The van der Waals surface area contributed by atoms with Crippen molar-refractivity contribution in [3.8, 4) is 0 Å². The second-order valence-corrected chi connectivity index (χ2v) is 8.46. The van der Waals surface area contributed by atoms with E-state index in [-0.39, 0.29) is 23.8 Å². The zero-order valence-corrected chi connectivity index (χ0v) is 19.7. The monoisotopic (exact) mass is 455 g/mol. The molecule has 1 aromatic carbocycles. The summed E-state index contributed by atoms with van der Waals surface area (Å²) >= 11 is 0. The molecule has 0 aliphatic rings. The number of aromatic nitrogens is 3. The summed E-state index contributed by atoms with van der Waals surface area (Å²) in [6.07, 6.45) is 5.74. The van der Waals surface area contributed by atoms with Gasteiger partial charge in [0.25, 0.3) is 11.8 Å². The highest BCUT2D eigenvalue weighted by Gasteiger charge is 2.28. The Labute approximate surface area is 199 Å². The summed E-state index contributed by atoms with van der Waals surface area (Å²) in [5.41, 5.74) is 2.86. The standard InChI is InChI=1S/C27H29N5O2/c1-19(20-9-5-4-6-10-20)23(14-17-30-26(33)24-12-8-18-31(24)2)32(3)27(34)22-13-16-29-25-21(22)11-7-15-28-25/h4-13,15-16,18-19,23H,14,17H2,1-3H3,(H,30,33). The van der Waals surface area contributed by atoms with Crippen LogP contribution in [0.2, 0.25) is 0 Å². The molecule has 174 valence electrons. The molecule has 0 aliphatic carbocycles. The number of fused-ring (bicyclic) bond motifs is 1. The topological polar surface area (TPSA) is 80.1 Å². The van der Waals surface area contributed by atoms with E-state index in [1.807, 2.05) is 56.7 Å². The molecule has 4 aromatic rings. The Morgan fingerprint density at radius 2 is 1.76 bits per heavy atom. The molecule has 2 amide bonds. The first-order valence-corrected chi connectivity index (χ1v) is 11.4. The van der Waals surface area contributed by atoms with Gasteiger partial charge in [-0.25, -0.2) is 9.97 Å². The minimum atomic E-state index is -0.136. The summed E-state index contributed by atoms with van der Waals surface area (Å²) in [7, 11) is 3.67. The van der Waals surface area contributed by atoms with E-state index in [0.717, 1.165) is 10.9 Å². The van der Waals surface area contributed by atoms with Gasteiger partial charge in [-0.1, -0.05) is 37.3 Å². The van der Waals surface area contributed by atoms with Gasteiger partial charge in [0.05, 0.1) is 5.56 Å². The summed E-state index contributed by atoms with van der Waals surface area (Å²) < 4.78 is 1.79. The van der Waals surface area contributed by atoms with E-state index < -0.39 is 0 Å². The van der Waals surface area contributed by atoms with Crippen molar-refractivity contribution in [3.05, 3.63) is 96.1 Å². The lowest BCUT2D eigenvalue weighted by Crippen LogP contribution is -2.42. The average molecular weight is 456 g/mol. The molecule has 0 radical (unpaired) electrons. The van der Waals surface area contributed by atoms with Crippen molar-refractivity contribution in [1.29, 1.82) is 0 Å². The second kappa shape index (κ2) is 10.3. The number of carbonyl (C=O) groups excluding carboxylic acids is 2. The van der Waals surface area contributed by atoms with E-state index in [4.69, 9.17) is 0 Å². The van der Waals surface area contributed by atoms with Crippen molar-refractivity contribution in [3.63, 3.8) is 0 Å². The van der Waals surface area contributed by atoms with Gasteiger partial charge in [0, 0.05) is 56.6 Å². The van der Waals surface area contributed by atoms with Crippen molar-refractivity contribution in [2.45, 2.75) is 25.3 Å². The molecule has 0 saturated heterocycles. The van der Waals surface area contributed by atoms with E-state index in [9.17, 15) is 9.59 Å². The van der Waals surface area contributed by atoms with Crippen molar-refractivity contribution >= 4 is 22.8 Å². The zero-order valence-electron chi connectivity index (χ0n) is 19.7. The molecule has 0 spiro atoms. The third-order valence-electron chi connectivity index (χ3n) is 6.37. The summed E-state index contributed by atoms with van der Waals surface area (Å²) in [6, 6.07) is 19.1. The lowest BCUT2D eigenvalue weighted by Gasteiger charge is -2.34. The third-order valence-corrected chi connectivity index (χ3v) is 6.37. The van der Waals surface area contributed by atoms with Crippen molar-refractivity contribution in [2.75, 3.05) is 13.6 Å². The number of amides is 2. The Morgan fingerprint density at radius 1 is 1.00 bits per heavy atom. The number of likely N-dealkylation sites (N-methyl/N-ethyl adjacent to an activating group) is 1. The number of carbonyl (C=O) groups is 2. The van der Waals surface area contributed by atoms with Gasteiger partial charge in [0.15, 0.2) is 5.65 Å². The first-order chi connectivity index (χ1) is 16.5. The molecule has 2 unspecified atom stereocenters. The van der Waals surface area contributed by atoms with Gasteiger partial charge in [-0.2, -0.15) is 0 Å². The lowest BCUT2D eigenvalue weighted by molar-refractivity contribution is 0.0703.